The van der Waals surface area contributed by atoms with Crippen molar-refractivity contribution in [2.24, 2.45) is 0 Å². The normalized spacial score (nSPS) is 11.0. The fraction of sp³-hybridized carbons (Fsp3) is 0.500. The topological polar surface area (TPSA) is 33.4 Å². The number of nitrogens with zero attached hydrogens (tertiary/aromatic N) is 2. The van der Waals surface area contributed by atoms with Gasteiger partial charge in [-0.05, 0) is 36.2 Å². The summed E-state index contributed by atoms with van der Waals surface area (Å²) in [5.74, 6) is 1.03. The minimum Gasteiger partial charge on any atom is -0.494 e. The van der Waals surface area contributed by atoms with Gasteiger partial charge in [0.25, 0.3) is 0 Å². The van der Waals surface area contributed by atoms with Crippen molar-refractivity contribution in [1.29, 1.82) is 0 Å². The molecule has 0 atom stereocenters. The fourth-order valence-corrected chi connectivity index (χ4v) is 5.11. The van der Waals surface area contributed by atoms with Crippen LogP contribution in [0.3, 0.4) is 0 Å². The predicted octanol–water partition coefficient (Wildman–Crippen LogP) is 8.33. The van der Waals surface area contributed by atoms with E-state index in [0.29, 0.717) is 13.0 Å². The number of carbonyl (C=O) groups excluding carboxylic acids is 1. The molecule has 3 rings (SSSR count). The van der Waals surface area contributed by atoms with Crippen LogP contribution in [-0.4, -0.2) is 12.5 Å². The maximum Gasteiger partial charge on any atom is 0.227 e. The van der Waals surface area contributed by atoms with Gasteiger partial charge < -0.3 is 9.64 Å². The van der Waals surface area contributed by atoms with Gasteiger partial charge in [-0.25, -0.2) is 0 Å². The molecule has 0 fully saturated rings. The third kappa shape index (κ3) is 10.7. The van der Waals surface area contributed by atoms with Crippen molar-refractivity contribution in [2.75, 3.05) is 11.5 Å². The third-order valence-electron chi connectivity index (χ3n) is 6.77. The molecule has 1 heterocycles. The highest BCUT2D eigenvalue weighted by atomic mass is 32.1. The monoisotopic (exact) mass is 521 g/mol. The van der Waals surface area contributed by atoms with E-state index in [-0.39, 0.29) is 5.91 Å². The molecule has 200 valence electrons. The van der Waals surface area contributed by atoms with Gasteiger partial charge in [0.2, 0.25) is 11.4 Å². The number of amides is 1. The van der Waals surface area contributed by atoms with Crippen molar-refractivity contribution >= 4 is 22.9 Å². The van der Waals surface area contributed by atoms with Gasteiger partial charge in [-0.3, -0.25) is 4.79 Å². The molecule has 37 heavy (non-hydrogen) atoms. The van der Waals surface area contributed by atoms with Crippen LogP contribution in [0.4, 0.5) is 5.69 Å². The lowest BCUT2D eigenvalue weighted by atomic mass is 10.1. The van der Waals surface area contributed by atoms with Gasteiger partial charge in [-0.1, -0.05) is 107 Å². The molecule has 1 amide bonds. The van der Waals surface area contributed by atoms with Gasteiger partial charge >= 0.3 is 0 Å². The molecule has 0 unspecified atom stereocenters. The third-order valence-corrected chi connectivity index (χ3v) is 7.45. The number of hydrogen-bond acceptors (Lipinski definition) is 3. The Morgan fingerprint density at radius 1 is 0.811 bits per heavy atom. The van der Waals surface area contributed by atoms with Crippen LogP contribution in [0.25, 0.3) is 0 Å². The van der Waals surface area contributed by atoms with E-state index < -0.39 is 0 Å². The van der Waals surface area contributed by atoms with Crippen molar-refractivity contribution in [1.82, 2.24) is 0 Å². The molecule has 4 nitrogen and oxygen atoms in total. The van der Waals surface area contributed by atoms with Gasteiger partial charge in [-0.2, -0.15) is 4.57 Å². The number of thiazole rings is 1. The maximum atomic E-state index is 12.8. The molecule has 0 radical (unpaired) electrons. The molecule has 3 aromatic rings. The smallest absolute Gasteiger partial charge is 0.227 e. The van der Waals surface area contributed by atoms with Gasteiger partial charge in [0.1, 0.15) is 5.75 Å². The van der Waals surface area contributed by atoms with E-state index in [0.717, 1.165) is 36.6 Å². The average molecular weight is 522 g/mol. The van der Waals surface area contributed by atoms with Gasteiger partial charge in [0.15, 0.2) is 12.7 Å². The SMILES string of the molecule is CCCCCCCCCCCCOc1ccc(CN(C(=O)CC)c2ccc(C[n+]3ccsc3)cc2)cc1. The molecule has 0 N–H and O–H groups in total. The molecule has 0 bridgehead atoms. The van der Waals surface area contributed by atoms with Gasteiger partial charge in [-0.15, -0.1) is 0 Å². The predicted molar refractivity (Wildman–Crippen MR) is 155 cm³/mol. The van der Waals surface area contributed by atoms with E-state index in [2.05, 4.69) is 65.0 Å². The Hall–Kier alpha value is -2.66. The number of rotatable bonds is 18. The van der Waals surface area contributed by atoms with E-state index in [1.54, 1.807) is 11.3 Å². The first-order valence-corrected chi connectivity index (χ1v) is 15.2. The van der Waals surface area contributed by atoms with Crippen LogP contribution in [0.5, 0.6) is 5.75 Å². The van der Waals surface area contributed by atoms with E-state index >= 15 is 0 Å². The van der Waals surface area contributed by atoms with Crippen molar-refractivity contribution in [2.45, 2.75) is 97.6 Å². The van der Waals surface area contributed by atoms with E-state index in [1.165, 1.54) is 63.4 Å². The van der Waals surface area contributed by atoms with E-state index in [4.69, 9.17) is 4.74 Å². The second-order valence-corrected chi connectivity index (χ2v) is 10.6. The summed E-state index contributed by atoms with van der Waals surface area (Å²) in [7, 11) is 0. The van der Waals surface area contributed by atoms with E-state index in [9.17, 15) is 4.79 Å². The van der Waals surface area contributed by atoms with E-state index in [1.807, 2.05) is 24.0 Å². The van der Waals surface area contributed by atoms with Crippen LogP contribution in [0.1, 0.15) is 95.6 Å². The summed E-state index contributed by atoms with van der Waals surface area (Å²) in [4.78, 5) is 14.6. The lowest BCUT2D eigenvalue weighted by molar-refractivity contribution is -0.683. The highest BCUT2D eigenvalue weighted by molar-refractivity contribution is 7.07. The van der Waals surface area contributed by atoms with Crippen LogP contribution < -0.4 is 14.2 Å². The highest BCUT2D eigenvalue weighted by Gasteiger charge is 2.15. The Balaban J connectivity index is 1.40. The number of anilines is 1. The summed E-state index contributed by atoms with van der Waals surface area (Å²) in [5.41, 5.74) is 5.36. The van der Waals surface area contributed by atoms with Gasteiger partial charge in [0, 0.05) is 17.7 Å². The second-order valence-electron chi connectivity index (χ2n) is 9.87. The molecule has 0 aliphatic carbocycles. The first kappa shape index (κ1) is 28.9. The maximum absolute atomic E-state index is 12.8. The number of ether oxygens (including phenoxy) is 1. The van der Waals surface area contributed by atoms with Crippen molar-refractivity contribution in [3.8, 4) is 5.75 Å². The fourth-order valence-electron chi connectivity index (χ4n) is 4.51. The quantitative estimate of drug-likeness (QED) is 0.125. The van der Waals surface area contributed by atoms with Crippen molar-refractivity contribution < 1.29 is 14.1 Å². The minimum atomic E-state index is 0.126. The lowest BCUT2D eigenvalue weighted by Gasteiger charge is -2.23. The lowest BCUT2D eigenvalue weighted by Crippen LogP contribution is -2.31. The molecule has 0 spiro atoms. The molecule has 2 aromatic carbocycles. The minimum absolute atomic E-state index is 0.126. The van der Waals surface area contributed by atoms with Crippen LogP contribution in [-0.2, 0) is 17.9 Å². The van der Waals surface area contributed by atoms with Crippen LogP contribution in [0.15, 0.2) is 65.6 Å². The number of carbonyl (C=O) groups is 1. The summed E-state index contributed by atoms with van der Waals surface area (Å²) in [6, 6.07) is 16.5. The average Bonchev–Trinajstić information content (AvgIpc) is 3.44. The standard InChI is InChI=1S/C32H45N2O2S/c1-3-5-6-7-8-9-10-11-12-13-23-36-31-20-16-29(17-21-31)26-34(32(35)4-2)30-18-14-28(15-19-30)25-33-22-24-37-27-33/h14-22,24,27H,3-13,23,25-26H2,1-2H3/q+1. The van der Waals surface area contributed by atoms with Crippen molar-refractivity contribution in [3.63, 3.8) is 0 Å². The first-order valence-electron chi connectivity index (χ1n) is 14.2. The molecule has 0 aliphatic rings. The zero-order valence-corrected chi connectivity index (χ0v) is 23.7. The molecule has 0 saturated heterocycles. The zero-order valence-electron chi connectivity index (χ0n) is 22.9. The number of benzene rings is 2. The van der Waals surface area contributed by atoms with Crippen LogP contribution >= 0.6 is 11.3 Å². The summed E-state index contributed by atoms with van der Waals surface area (Å²) in [5, 5.41) is 2.07. The Morgan fingerprint density at radius 3 is 2.03 bits per heavy atom. The molecule has 0 aliphatic heterocycles. The Morgan fingerprint density at radius 2 is 1.43 bits per heavy atom. The Bertz CT molecular complexity index is 1000. The second kappa shape index (κ2) is 17.0. The molecule has 5 heteroatoms. The van der Waals surface area contributed by atoms with Crippen molar-refractivity contribution in [3.05, 3.63) is 76.7 Å². The molecule has 1 aromatic heterocycles. The summed E-state index contributed by atoms with van der Waals surface area (Å²) in [6.45, 7) is 6.36. The number of unbranched alkanes of at least 4 members (excludes halogenated alkanes) is 9. The highest BCUT2D eigenvalue weighted by Crippen LogP contribution is 2.21. The molecule has 0 saturated carbocycles. The molecular formula is C32H45N2O2S+. The summed E-state index contributed by atoms with van der Waals surface area (Å²) < 4.78 is 8.13. The summed E-state index contributed by atoms with van der Waals surface area (Å²) >= 11 is 1.69. The Labute approximate surface area is 228 Å². The Kier molecular flexibility index (Phi) is 13.3. The van der Waals surface area contributed by atoms with Crippen LogP contribution in [0.2, 0.25) is 0 Å². The zero-order chi connectivity index (χ0) is 26.1. The van der Waals surface area contributed by atoms with Crippen LogP contribution in [0, 0.1) is 0 Å². The largest absolute Gasteiger partial charge is 0.494 e. The molecular weight excluding hydrogens is 476 g/mol. The summed E-state index contributed by atoms with van der Waals surface area (Å²) in [6.07, 6.45) is 15.9. The first-order chi connectivity index (χ1) is 18.2. The number of hydrogen-bond donors (Lipinski definition) is 0. The number of aromatic nitrogens is 1. The van der Waals surface area contributed by atoms with Gasteiger partial charge in [0.05, 0.1) is 18.5 Å².